The first kappa shape index (κ1) is 22.3. The van der Waals surface area contributed by atoms with Crippen LogP contribution in [0.25, 0.3) is 17.5 Å². The number of piperazine rings is 1. The van der Waals surface area contributed by atoms with Crippen molar-refractivity contribution in [3.8, 4) is 17.1 Å². The van der Waals surface area contributed by atoms with E-state index in [4.69, 9.17) is 4.74 Å². The summed E-state index contributed by atoms with van der Waals surface area (Å²) in [5, 5.41) is 3.36. The van der Waals surface area contributed by atoms with Crippen molar-refractivity contribution in [1.29, 1.82) is 0 Å². The number of pyridine rings is 1. The van der Waals surface area contributed by atoms with Crippen LogP contribution in [0.15, 0.2) is 53.2 Å². The van der Waals surface area contributed by atoms with Crippen LogP contribution in [0, 0.1) is 0 Å². The Labute approximate surface area is 187 Å². The SMILES string of the molecule is COc1ccc(/C=C\C(=O)N2CCN(c3ccc(-c4noc(C(F)(F)F)n4)cn3)CC2)cc1. The molecule has 4 rings (SSSR count). The maximum absolute atomic E-state index is 12.6. The molecule has 33 heavy (non-hydrogen) atoms. The van der Waals surface area contributed by atoms with Crippen molar-refractivity contribution in [2.45, 2.75) is 6.18 Å². The standard InChI is InChI=1S/C22H20F3N5O3/c1-32-17-6-2-15(3-7-17)4-9-19(31)30-12-10-29(11-13-30)18-8-5-16(14-26-18)20-27-21(33-28-20)22(23,24)25/h2-9,14H,10-13H2,1H3/b9-4-. The molecule has 0 saturated carbocycles. The van der Waals surface area contributed by atoms with E-state index in [1.165, 1.54) is 6.20 Å². The van der Waals surface area contributed by atoms with Crippen LogP contribution in [-0.2, 0) is 11.0 Å². The highest BCUT2D eigenvalue weighted by Gasteiger charge is 2.38. The number of hydrogen-bond acceptors (Lipinski definition) is 7. The molecule has 1 aliphatic heterocycles. The number of halogens is 3. The zero-order valence-corrected chi connectivity index (χ0v) is 17.6. The quantitative estimate of drug-likeness (QED) is 0.540. The molecule has 1 amide bonds. The van der Waals surface area contributed by atoms with Crippen LogP contribution in [-0.4, -0.2) is 59.2 Å². The van der Waals surface area contributed by atoms with Gasteiger partial charge in [-0.25, -0.2) is 4.98 Å². The fourth-order valence-corrected chi connectivity index (χ4v) is 3.31. The number of carbonyl (C=O) groups excluding carboxylic acids is 1. The van der Waals surface area contributed by atoms with Gasteiger partial charge < -0.3 is 19.1 Å². The summed E-state index contributed by atoms with van der Waals surface area (Å²) in [5.74, 6) is -0.256. The number of aromatic nitrogens is 3. The van der Waals surface area contributed by atoms with E-state index >= 15 is 0 Å². The van der Waals surface area contributed by atoms with E-state index in [1.807, 2.05) is 29.2 Å². The van der Waals surface area contributed by atoms with Gasteiger partial charge in [0.05, 0.1) is 7.11 Å². The molecule has 1 saturated heterocycles. The molecule has 1 aliphatic rings. The van der Waals surface area contributed by atoms with Crippen LogP contribution in [0.3, 0.4) is 0 Å². The summed E-state index contributed by atoms with van der Waals surface area (Å²) in [6.45, 7) is 2.20. The number of alkyl halides is 3. The van der Waals surface area contributed by atoms with Gasteiger partial charge in [-0.1, -0.05) is 17.3 Å². The summed E-state index contributed by atoms with van der Waals surface area (Å²) in [4.78, 5) is 23.9. The molecule has 1 fully saturated rings. The highest BCUT2D eigenvalue weighted by molar-refractivity contribution is 5.92. The highest BCUT2D eigenvalue weighted by Crippen LogP contribution is 2.29. The van der Waals surface area contributed by atoms with Gasteiger partial charge >= 0.3 is 12.1 Å². The average Bonchev–Trinajstić information content (AvgIpc) is 3.34. The molecule has 0 N–H and O–H groups in total. The second-order valence-electron chi connectivity index (χ2n) is 7.24. The lowest BCUT2D eigenvalue weighted by molar-refractivity contribution is -0.159. The summed E-state index contributed by atoms with van der Waals surface area (Å²) in [5.41, 5.74) is 1.21. The summed E-state index contributed by atoms with van der Waals surface area (Å²) < 4.78 is 47.2. The van der Waals surface area contributed by atoms with Crippen molar-refractivity contribution >= 4 is 17.8 Å². The minimum absolute atomic E-state index is 0.0775. The zero-order chi connectivity index (χ0) is 23.4. The Kier molecular flexibility index (Phi) is 6.29. The second kappa shape index (κ2) is 9.31. The summed E-state index contributed by atoms with van der Waals surface area (Å²) in [6.07, 6.45) is 0.0101. The molecular formula is C22H20F3N5O3. The van der Waals surface area contributed by atoms with Gasteiger partial charge in [-0.05, 0) is 35.9 Å². The first-order chi connectivity index (χ1) is 15.8. The van der Waals surface area contributed by atoms with E-state index in [2.05, 4.69) is 19.6 Å². The third-order valence-corrected chi connectivity index (χ3v) is 5.12. The van der Waals surface area contributed by atoms with E-state index in [1.54, 1.807) is 36.3 Å². The summed E-state index contributed by atoms with van der Waals surface area (Å²) >= 11 is 0. The van der Waals surface area contributed by atoms with Crippen molar-refractivity contribution < 1.29 is 27.2 Å². The molecule has 0 bridgehead atoms. The molecule has 8 nitrogen and oxygen atoms in total. The minimum atomic E-state index is -4.69. The lowest BCUT2D eigenvalue weighted by Crippen LogP contribution is -2.48. The summed E-state index contributed by atoms with van der Waals surface area (Å²) in [7, 11) is 1.60. The highest BCUT2D eigenvalue weighted by atomic mass is 19.4. The normalized spacial score (nSPS) is 14.7. The minimum Gasteiger partial charge on any atom is -0.497 e. The van der Waals surface area contributed by atoms with Crippen LogP contribution >= 0.6 is 0 Å². The lowest BCUT2D eigenvalue weighted by atomic mass is 10.2. The van der Waals surface area contributed by atoms with Gasteiger partial charge in [-0.3, -0.25) is 4.79 Å². The van der Waals surface area contributed by atoms with Gasteiger partial charge in [-0.2, -0.15) is 18.2 Å². The molecule has 172 valence electrons. The van der Waals surface area contributed by atoms with E-state index in [9.17, 15) is 18.0 Å². The number of anilines is 1. The smallest absolute Gasteiger partial charge is 0.471 e. The third kappa shape index (κ3) is 5.30. The summed E-state index contributed by atoms with van der Waals surface area (Å²) in [6, 6.07) is 10.7. The van der Waals surface area contributed by atoms with Crippen LogP contribution < -0.4 is 9.64 Å². The second-order valence-corrected chi connectivity index (χ2v) is 7.24. The van der Waals surface area contributed by atoms with Crippen LogP contribution in [0.1, 0.15) is 11.5 Å². The predicted octanol–water partition coefficient (Wildman–Crippen LogP) is 3.52. The molecule has 3 heterocycles. The van der Waals surface area contributed by atoms with Gasteiger partial charge in [0.1, 0.15) is 11.6 Å². The first-order valence-corrected chi connectivity index (χ1v) is 10.1. The monoisotopic (exact) mass is 459 g/mol. The molecule has 2 aromatic heterocycles. The Morgan fingerprint density at radius 2 is 1.82 bits per heavy atom. The number of methoxy groups -OCH3 is 1. The van der Waals surface area contributed by atoms with Gasteiger partial charge in [0.15, 0.2) is 0 Å². The maximum Gasteiger partial charge on any atom is 0.471 e. The van der Waals surface area contributed by atoms with E-state index in [0.717, 1.165) is 11.3 Å². The number of rotatable bonds is 5. The van der Waals surface area contributed by atoms with E-state index < -0.39 is 12.1 Å². The van der Waals surface area contributed by atoms with Crippen molar-refractivity contribution in [2.24, 2.45) is 0 Å². The molecule has 0 spiro atoms. The van der Waals surface area contributed by atoms with Crippen molar-refractivity contribution in [3.63, 3.8) is 0 Å². The van der Waals surface area contributed by atoms with Gasteiger partial charge in [0.25, 0.3) is 0 Å². The van der Waals surface area contributed by atoms with Crippen LogP contribution in [0.2, 0.25) is 0 Å². The average molecular weight is 459 g/mol. The molecule has 11 heteroatoms. The molecule has 1 aromatic carbocycles. The molecule has 0 atom stereocenters. The third-order valence-electron chi connectivity index (χ3n) is 5.12. The maximum atomic E-state index is 12.6. The van der Waals surface area contributed by atoms with E-state index in [0.29, 0.717) is 37.6 Å². The van der Waals surface area contributed by atoms with Crippen molar-refractivity contribution in [2.75, 3.05) is 38.2 Å². The van der Waals surface area contributed by atoms with Crippen molar-refractivity contribution in [1.82, 2.24) is 20.0 Å². The molecule has 0 radical (unpaired) electrons. The molecule has 3 aromatic rings. The lowest BCUT2D eigenvalue weighted by Gasteiger charge is -2.35. The molecule has 0 unspecified atom stereocenters. The Hall–Kier alpha value is -3.89. The number of ether oxygens (including phenoxy) is 1. The van der Waals surface area contributed by atoms with Crippen molar-refractivity contribution in [3.05, 3.63) is 60.1 Å². The zero-order valence-electron chi connectivity index (χ0n) is 17.6. The molecule has 0 aliphatic carbocycles. The van der Waals surface area contributed by atoms with Gasteiger partial charge in [0.2, 0.25) is 11.7 Å². The largest absolute Gasteiger partial charge is 0.497 e. The number of hydrogen-bond donors (Lipinski definition) is 0. The van der Waals surface area contributed by atoms with Gasteiger partial charge in [0, 0.05) is 44.0 Å². The number of nitrogens with zero attached hydrogens (tertiary/aromatic N) is 5. The Balaban J connectivity index is 1.32. The Morgan fingerprint density at radius 3 is 2.39 bits per heavy atom. The fourth-order valence-electron chi connectivity index (χ4n) is 3.31. The fraction of sp³-hybridized carbons (Fsp3) is 0.273. The van der Waals surface area contributed by atoms with Crippen LogP contribution in [0.5, 0.6) is 5.75 Å². The number of amides is 1. The number of benzene rings is 1. The van der Waals surface area contributed by atoms with Crippen LogP contribution in [0.4, 0.5) is 19.0 Å². The molecular weight excluding hydrogens is 439 g/mol. The number of carbonyl (C=O) groups is 1. The van der Waals surface area contributed by atoms with E-state index in [-0.39, 0.29) is 11.7 Å². The predicted molar refractivity (Wildman–Crippen MR) is 113 cm³/mol. The Morgan fingerprint density at radius 1 is 1.09 bits per heavy atom. The van der Waals surface area contributed by atoms with Gasteiger partial charge in [-0.15, -0.1) is 0 Å². The topological polar surface area (TPSA) is 84.6 Å². The first-order valence-electron chi connectivity index (χ1n) is 10.1. The Bertz CT molecular complexity index is 1120.